The van der Waals surface area contributed by atoms with Gasteiger partial charge in [0.05, 0.1) is 12.2 Å². The van der Waals surface area contributed by atoms with Crippen LogP contribution >= 0.6 is 0 Å². The molecule has 0 spiro atoms. The molecule has 5 heteroatoms. The second-order valence-electron chi connectivity index (χ2n) is 4.88. The summed E-state index contributed by atoms with van der Waals surface area (Å²) in [6.45, 7) is 1.93. The van der Waals surface area contributed by atoms with Crippen molar-refractivity contribution in [3.63, 3.8) is 0 Å². The predicted octanol–water partition coefficient (Wildman–Crippen LogP) is 2.07. The fraction of sp³-hybridized carbons (Fsp3) is 0.333. The molecule has 0 aliphatic carbocycles. The largest absolute Gasteiger partial charge is 0.349 e. The molecule has 1 amide bonds. The predicted molar refractivity (Wildman–Crippen MR) is 77.7 cm³/mol. The van der Waals surface area contributed by atoms with Crippen LogP contribution in [0, 0.1) is 0 Å². The van der Waals surface area contributed by atoms with Gasteiger partial charge in [-0.3, -0.25) is 9.89 Å². The van der Waals surface area contributed by atoms with Crippen LogP contribution in [0.25, 0.3) is 0 Å². The minimum absolute atomic E-state index is 0.00470. The molecule has 0 aliphatic heterocycles. The van der Waals surface area contributed by atoms with Crippen LogP contribution in [-0.4, -0.2) is 16.1 Å². The number of benzene rings is 1. The van der Waals surface area contributed by atoms with Crippen LogP contribution in [0.5, 0.6) is 0 Å². The average Bonchev–Trinajstić information content (AvgIpc) is 3.00. The van der Waals surface area contributed by atoms with E-state index in [0.717, 1.165) is 11.1 Å². The van der Waals surface area contributed by atoms with Gasteiger partial charge in [-0.05, 0) is 18.9 Å². The van der Waals surface area contributed by atoms with Gasteiger partial charge in [0.2, 0.25) is 5.91 Å². The molecule has 1 aromatic carbocycles. The Labute approximate surface area is 118 Å². The first kappa shape index (κ1) is 14.3. The molecule has 0 radical (unpaired) electrons. The van der Waals surface area contributed by atoms with Crippen molar-refractivity contribution in [2.75, 3.05) is 0 Å². The topological polar surface area (TPSA) is 83.8 Å². The molecule has 0 fully saturated rings. The summed E-state index contributed by atoms with van der Waals surface area (Å²) in [6.07, 6.45) is 4.54. The van der Waals surface area contributed by atoms with Crippen LogP contribution in [0.2, 0.25) is 0 Å². The van der Waals surface area contributed by atoms with E-state index in [1.54, 1.807) is 12.4 Å². The molecule has 5 nitrogen and oxygen atoms in total. The van der Waals surface area contributed by atoms with Gasteiger partial charge >= 0.3 is 0 Å². The lowest BCUT2D eigenvalue weighted by atomic mass is 10.0. The van der Waals surface area contributed by atoms with E-state index in [1.807, 2.05) is 37.3 Å². The third-order valence-corrected chi connectivity index (χ3v) is 3.31. The highest BCUT2D eigenvalue weighted by Gasteiger charge is 2.12. The summed E-state index contributed by atoms with van der Waals surface area (Å²) in [6, 6.07) is 9.68. The molecular formula is C15H20N4O. The molecule has 1 heterocycles. The molecule has 2 unspecified atom stereocenters. The van der Waals surface area contributed by atoms with Crippen LogP contribution in [-0.2, 0) is 4.79 Å². The van der Waals surface area contributed by atoms with E-state index in [-0.39, 0.29) is 18.0 Å². The van der Waals surface area contributed by atoms with Crippen molar-refractivity contribution >= 4 is 5.91 Å². The normalized spacial score (nSPS) is 13.7. The number of amides is 1. The molecule has 20 heavy (non-hydrogen) atoms. The number of nitrogens with zero attached hydrogens (tertiary/aromatic N) is 1. The number of hydrogen-bond donors (Lipinski definition) is 3. The molecule has 0 saturated carbocycles. The summed E-state index contributed by atoms with van der Waals surface area (Å²) in [5, 5.41) is 9.54. The molecule has 0 bridgehead atoms. The summed E-state index contributed by atoms with van der Waals surface area (Å²) in [5.74, 6) is 0.00470. The summed E-state index contributed by atoms with van der Waals surface area (Å²) < 4.78 is 0. The van der Waals surface area contributed by atoms with Gasteiger partial charge in [-0.1, -0.05) is 30.3 Å². The Balaban J connectivity index is 1.78. The Morgan fingerprint density at radius 1 is 1.35 bits per heavy atom. The van der Waals surface area contributed by atoms with Crippen molar-refractivity contribution in [3.8, 4) is 0 Å². The lowest BCUT2D eigenvalue weighted by Gasteiger charge is -2.14. The number of aromatic amines is 1. The highest BCUT2D eigenvalue weighted by atomic mass is 16.1. The zero-order valence-electron chi connectivity index (χ0n) is 11.5. The molecule has 0 saturated heterocycles. The first-order chi connectivity index (χ1) is 9.66. The Bertz CT molecular complexity index is 524. The second-order valence-corrected chi connectivity index (χ2v) is 4.88. The smallest absolute Gasteiger partial charge is 0.220 e. The lowest BCUT2D eigenvalue weighted by molar-refractivity contribution is -0.121. The number of nitrogens with two attached hydrogens (primary N) is 1. The van der Waals surface area contributed by atoms with E-state index in [1.165, 1.54) is 0 Å². The molecular weight excluding hydrogens is 252 g/mol. The van der Waals surface area contributed by atoms with E-state index in [9.17, 15) is 4.79 Å². The quantitative estimate of drug-likeness (QED) is 0.752. The maximum absolute atomic E-state index is 11.9. The van der Waals surface area contributed by atoms with Gasteiger partial charge in [-0.15, -0.1) is 0 Å². The summed E-state index contributed by atoms with van der Waals surface area (Å²) in [4.78, 5) is 11.9. The van der Waals surface area contributed by atoms with Gasteiger partial charge < -0.3 is 11.1 Å². The molecule has 2 aromatic rings. The fourth-order valence-electron chi connectivity index (χ4n) is 2.05. The van der Waals surface area contributed by atoms with Gasteiger partial charge in [-0.25, -0.2) is 0 Å². The van der Waals surface area contributed by atoms with Crippen molar-refractivity contribution in [1.82, 2.24) is 15.5 Å². The van der Waals surface area contributed by atoms with E-state index in [2.05, 4.69) is 15.5 Å². The summed E-state index contributed by atoms with van der Waals surface area (Å²) >= 11 is 0. The number of aromatic nitrogens is 2. The molecule has 2 rings (SSSR count). The molecule has 106 valence electrons. The van der Waals surface area contributed by atoms with Crippen LogP contribution in [0.15, 0.2) is 42.7 Å². The Hall–Kier alpha value is -2.14. The highest BCUT2D eigenvalue weighted by Crippen LogP contribution is 2.16. The summed E-state index contributed by atoms with van der Waals surface area (Å²) in [7, 11) is 0. The van der Waals surface area contributed by atoms with Crippen molar-refractivity contribution in [2.24, 2.45) is 5.73 Å². The Kier molecular flexibility index (Phi) is 4.90. The summed E-state index contributed by atoms with van der Waals surface area (Å²) in [5.41, 5.74) is 8.10. The maximum atomic E-state index is 11.9. The SMILES string of the molecule is CC(NC(=O)CCC(N)c1ccccc1)c1cn[nH]c1. The van der Waals surface area contributed by atoms with E-state index in [4.69, 9.17) is 5.73 Å². The highest BCUT2D eigenvalue weighted by molar-refractivity contribution is 5.76. The number of rotatable bonds is 6. The van der Waals surface area contributed by atoms with Crippen molar-refractivity contribution in [2.45, 2.75) is 31.8 Å². The minimum Gasteiger partial charge on any atom is -0.349 e. The fourth-order valence-corrected chi connectivity index (χ4v) is 2.05. The van der Waals surface area contributed by atoms with Gasteiger partial charge in [-0.2, -0.15) is 5.10 Å². The number of hydrogen-bond acceptors (Lipinski definition) is 3. The molecule has 1 aromatic heterocycles. The van der Waals surface area contributed by atoms with Crippen molar-refractivity contribution in [3.05, 3.63) is 53.9 Å². The number of H-pyrrole nitrogens is 1. The standard InChI is InChI=1S/C15H20N4O/c1-11(13-9-17-18-10-13)19-15(20)8-7-14(16)12-5-3-2-4-6-12/h2-6,9-11,14H,7-8,16H2,1H3,(H,17,18)(H,19,20). The first-order valence-electron chi connectivity index (χ1n) is 6.75. The molecule has 4 N–H and O–H groups in total. The number of carbonyl (C=O) groups is 1. The van der Waals surface area contributed by atoms with Crippen molar-refractivity contribution in [1.29, 1.82) is 0 Å². The van der Waals surface area contributed by atoms with Crippen molar-refractivity contribution < 1.29 is 4.79 Å². The molecule has 2 atom stereocenters. The van der Waals surface area contributed by atoms with E-state index < -0.39 is 0 Å². The number of carbonyl (C=O) groups excluding carboxylic acids is 1. The minimum atomic E-state index is -0.105. The van der Waals surface area contributed by atoms with Gasteiger partial charge in [0.1, 0.15) is 0 Å². The maximum Gasteiger partial charge on any atom is 0.220 e. The second kappa shape index (κ2) is 6.86. The first-order valence-corrected chi connectivity index (χ1v) is 6.75. The number of nitrogens with one attached hydrogen (secondary N) is 2. The zero-order chi connectivity index (χ0) is 14.4. The third-order valence-electron chi connectivity index (χ3n) is 3.31. The zero-order valence-corrected chi connectivity index (χ0v) is 11.5. The van der Waals surface area contributed by atoms with Crippen LogP contribution < -0.4 is 11.1 Å². The van der Waals surface area contributed by atoms with Crippen LogP contribution in [0.3, 0.4) is 0 Å². The van der Waals surface area contributed by atoms with E-state index >= 15 is 0 Å². The Morgan fingerprint density at radius 2 is 2.10 bits per heavy atom. The Morgan fingerprint density at radius 3 is 2.75 bits per heavy atom. The lowest BCUT2D eigenvalue weighted by Crippen LogP contribution is -2.27. The monoisotopic (exact) mass is 272 g/mol. The van der Waals surface area contributed by atoms with Gasteiger partial charge in [0.25, 0.3) is 0 Å². The third kappa shape index (κ3) is 3.93. The van der Waals surface area contributed by atoms with E-state index in [0.29, 0.717) is 12.8 Å². The van der Waals surface area contributed by atoms with Gasteiger partial charge in [0.15, 0.2) is 0 Å². The molecule has 0 aliphatic rings. The van der Waals surface area contributed by atoms with Crippen LogP contribution in [0.1, 0.15) is 43.0 Å². The average molecular weight is 272 g/mol. The van der Waals surface area contributed by atoms with Crippen LogP contribution in [0.4, 0.5) is 0 Å². The van der Waals surface area contributed by atoms with Gasteiger partial charge in [0, 0.05) is 24.2 Å².